The van der Waals surface area contributed by atoms with E-state index in [4.69, 9.17) is 81.2 Å². The zero-order valence-corrected chi connectivity index (χ0v) is 16.4. The van der Waals surface area contributed by atoms with Gasteiger partial charge in [-0.1, -0.05) is 81.2 Å². The van der Waals surface area contributed by atoms with E-state index in [0.29, 0.717) is 0 Å². The summed E-state index contributed by atoms with van der Waals surface area (Å²) in [4.78, 5) is -0.494. The molecular formula is C11H3Cl7O3S. The maximum absolute atomic E-state index is 12.2. The Morgan fingerprint density at radius 3 is 1.41 bits per heavy atom. The molecule has 0 aliphatic heterocycles. The normalized spacial score (nSPS) is 12.2. The smallest absolute Gasteiger partial charge is 0.270 e. The average molecular weight is 463 g/mol. The lowest BCUT2D eigenvalue weighted by Crippen LogP contribution is -2.06. The van der Waals surface area contributed by atoms with Crippen LogP contribution in [-0.2, 0) is 14.3 Å². The summed E-state index contributed by atoms with van der Waals surface area (Å²) in [5.74, 6) is 0. The Bertz CT molecular complexity index is 900. The fourth-order valence-corrected chi connectivity index (χ4v) is 4.92. The Morgan fingerprint density at radius 2 is 1.00 bits per heavy atom. The minimum absolute atomic E-state index is 0.00718. The van der Waals surface area contributed by atoms with E-state index in [0.717, 1.165) is 7.11 Å². The predicted octanol–water partition coefficient (Wildman–Crippen LogP) is 6.75. The molecule has 0 atom stereocenters. The van der Waals surface area contributed by atoms with Crippen molar-refractivity contribution in [3.05, 3.63) is 35.2 Å². The first kappa shape index (κ1) is 19.0. The molecule has 120 valence electrons. The molecule has 0 saturated heterocycles. The molecule has 0 aliphatic carbocycles. The van der Waals surface area contributed by atoms with E-state index in [1.807, 2.05) is 0 Å². The van der Waals surface area contributed by atoms with Crippen LogP contribution in [-0.4, -0.2) is 15.5 Å². The van der Waals surface area contributed by atoms with Crippen molar-refractivity contribution >= 4 is 102 Å². The molecule has 2 rings (SSSR count). The van der Waals surface area contributed by atoms with Crippen LogP contribution in [0.4, 0.5) is 0 Å². The minimum atomic E-state index is -4.28. The zero-order valence-electron chi connectivity index (χ0n) is 10.3. The Morgan fingerprint density at radius 1 is 0.636 bits per heavy atom. The van der Waals surface area contributed by atoms with Gasteiger partial charge in [-0.15, -0.1) is 0 Å². The zero-order chi connectivity index (χ0) is 17.0. The van der Waals surface area contributed by atoms with Crippen molar-refractivity contribution in [2.45, 2.75) is 4.90 Å². The predicted molar refractivity (Wildman–Crippen MR) is 93.2 cm³/mol. The first-order chi connectivity index (χ1) is 10.1. The Kier molecular flexibility index (Phi) is 5.61. The van der Waals surface area contributed by atoms with Crippen molar-refractivity contribution in [2.75, 3.05) is 7.11 Å². The highest BCUT2D eigenvalue weighted by Crippen LogP contribution is 2.52. The van der Waals surface area contributed by atoms with Crippen LogP contribution in [0.25, 0.3) is 10.8 Å². The van der Waals surface area contributed by atoms with Crippen molar-refractivity contribution in [1.82, 2.24) is 0 Å². The van der Waals surface area contributed by atoms with Crippen LogP contribution in [0.3, 0.4) is 0 Å². The summed E-state index contributed by atoms with van der Waals surface area (Å²) < 4.78 is 28.8. The van der Waals surface area contributed by atoms with Gasteiger partial charge in [0.2, 0.25) is 0 Å². The summed E-state index contributed by atoms with van der Waals surface area (Å²) in [6.07, 6.45) is 0. The summed E-state index contributed by atoms with van der Waals surface area (Å²) in [7, 11) is -3.33. The van der Waals surface area contributed by atoms with E-state index >= 15 is 0 Å². The van der Waals surface area contributed by atoms with E-state index in [9.17, 15) is 8.42 Å². The molecule has 0 N–H and O–H groups in total. The molecular weight excluding hydrogens is 460 g/mol. The van der Waals surface area contributed by atoms with Crippen LogP contribution in [0.2, 0.25) is 35.2 Å². The van der Waals surface area contributed by atoms with Gasteiger partial charge in [0.25, 0.3) is 10.1 Å². The van der Waals surface area contributed by atoms with Crippen LogP contribution in [0, 0.1) is 0 Å². The topological polar surface area (TPSA) is 43.4 Å². The van der Waals surface area contributed by atoms with Gasteiger partial charge in [0.05, 0.1) is 42.3 Å². The van der Waals surface area contributed by atoms with Crippen LogP contribution < -0.4 is 0 Å². The molecule has 0 heterocycles. The molecule has 2 aromatic rings. The fraction of sp³-hybridized carbons (Fsp3) is 0.0909. The van der Waals surface area contributed by atoms with Gasteiger partial charge in [-0.05, 0) is 0 Å². The lowest BCUT2D eigenvalue weighted by atomic mass is 10.1. The summed E-state index contributed by atoms with van der Waals surface area (Å²) in [5.41, 5.74) is 0. The van der Waals surface area contributed by atoms with Crippen molar-refractivity contribution < 1.29 is 12.6 Å². The number of rotatable bonds is 2. The van der Waals surface area contributed by atoms with E-state index in [1.165, 1.54) is 0 Å². The molecule has 2 aromatic carbocycles. The third kappa shape index (κ3) is 2.77. The van der Waals surface area contributed by atoms with Crippen molar-refractivity contribution in [2.24, 2.45) is 0 Å². The highest BCUT2D eigenvalue weighted by molar-refractivity contribution is 7.87. The third-order valence-electron chi connectivity index (χ3n) is 2.77. The molecule has 3 nitrogen and oxygen atoms in total. The summed E-state index contributed by atoms with van der Waals surface area (Å²) in [5, 5.41) is -1.37. The van der Waals surface area contributed by atoms with E-state index in [1.54, 1.807) is 0 Å². The molecule has 0 fully saturated rings. The molecule has 11 heteroatoms. The maximum atomic E-state index is 12.2. The lowest BCUT2D eigenvalue weighted by molar-refractivity contribution is 0.398. The SMILES string of the molecule is COS(=O)(=O)c1c(Cl)c(Cl)c(Cl)c2c(Cl)c(Cl)c(Cl)c(Cl)c12. The van der Waals surface area contributed by atoms with Gasteiger partial charge in [0.1, 0.15) is 4.90 Å². The standard InChI is InChI=1S/C11H3Cl7O3S/c1-21-22(19,20)11-3-2(5(13)9(17)10(11)18)4(12)7(15)8(16)6(3)14/h1H3. The highest BCUT2D eigenvalue weighted by Gasteiger charge is 2.31. The van der Waals surface area contributed by atoms with Crippen LogP contribution in [0.15, 0.2) is 4.90 Å². The molecule has 0 radical (unpaired) electrons. The van der Waals surface area contributed by atoms with E-state index in [-0.39, 0.29) is 45.9 Å². The van der Waals surface area contributed by atoms with Gasteiger partial charge in [-0.3, -0.25) is 4.18 Å². The van der Waals surface area contributed by atoms with Gasteiger partial charge >= 0.3 is 0 Å². The quantitative estimate of drug-likeness (QED) is 0.281. The molecule has 0 saturated carbocycles. The molecule has 0 aliphatic rings. The number of halogens is 7. The third-order valence-corrected chi connectivity index (χ3v) is 7.36. The van der Waals surface area contributed by atoms with Crippen LogP contribution in [0.5, 0.6) is 0 Å². The van der Waals surface area contributed by atoms with Crippen molar-refractivity contribution in [3.8, 4) is 0 Å². The van der Waals surface area contributed by atoms with Gasteiger partial charge in [-0.25, -0.2) is 0 Å². The number of hydrogen-bond acceptors (Lipinski definition) is 3. The fourth-order valence-electron chi connectivity index (χ4n) is 1.78. The summed E-state index contributed by atoms with van der Waals surface area (Å²) >= 11 is 42.2. The number of benzene rings is 2. The van der Waals surface area contributed by atoms with Crippen molar-refractivity contribution in [3.63, 3.8) is 0 Å². The van der Waals surface area contributed by atoms with Gasteiger partial charge in [-0.2, -0.15) is 8.42 Å². The highest BCUT2D eigenvalue weighted by atomic mass is 35.5. The first-order valence-electron chi connectivity index (χ1n) is 5.19. The second kappa shape index (κ2) is 6.51. The molecule has 0 amide bonds. The van der Waals surface area contributed by atoms with Gasteiger partial charge in [0, 0.05) is 10.8 Å². The molecule has 22 heavy (non-hydrogen) atoms. The molecule has 0 spiro atoms. The Labute approximate surface area is 161 Å². The number of hydrogen-bond donors (Lipinski definition) is 0. The van der Waals surface area contributed by atoms with Crippen LogP contribution in [0.1, 0.15) is 0 Å². The van der Waals surface area contributed by atoms with Crippen LogP contribution >= 0.6 is 81.2 Å². The van der Waals surface area contributed by atoms with E-state index < -0.39 is 15.0 Å². The monoisotopic (exact) mass is 460 g/mol. The maximum Gasteiger partial charge on any atom is 0.298 e. The number of fused-ring (bicyclic) bond motifs is 1. The van der Waals surface area contributed by atoms with E-state index in [2.05, 4.69) is 4.18 Å². The molecule has 0 unspecified atom stereocenters. The average Bonchev–Trinajstić information content (AvgIpc) is 2.47. The summed E-state index contributed by atoms with van der Waals surface area (Å²) in [6.45, 7) is 0. The largest absolute Gasteiger partial charge is 0.298 e. The Hall–Kier alpha value is 0.640. The van der Waals surface area contributed by atoms with Gasteiger partial charge in [0.15, 0.2) is 0 Å². The summed E-state index contributed by atoms with van der Waals surface area (Å²) in [6, 6.07) is 0. The minimum Gasteiger partial charge on any atom is -0.270 e. The molecule has 0 aromatic heterocycles. The Balaban J connectivity index is 3.31. The second-order valence-corrected chi connectivity index (χ2v) is 8.19. The lowest BCUT2D eigenvalue weighted by Gasteiger charge is -2.16. The first-order valence-corrected chi connectivity index (χ1v) is 9.24. The molecule has 0 bridgehead atoms. The second-order valence-electron chi connectivity index (χ2n) is 3.90. The van der Waals surface area contributed by atoms with Gasteiger partial charge < -0.3 is 0 Å². The van der Waals surface area contributed by atoms with Crippen molar-refractivity contribution in [1.29, 1.82) is 0 Å².